The molecular formula is C15H20N4O4. The van der Waals surface area contributed by atoms with Gasteiger partial charge in [0.15, 0.2) is 0 Å². The summed E-state index contributed by atoms with van der Waals surface area (Å²) in [6.07, 6.45) is 6.33. The molecule has 2 amide bonds. The number of carbonyl (C=O) groups is 2. The number of amides is 2. The second-order valence-corrected chi connectivity index (χ2v) is 5.73. The van der Waals surface area contributed by atoms with Gasteiger partial charge in [-0.1, -0.05) is 0 Å². The Morgan fingerprint density at radius 1 is 1.30 bits per heavy atom. The number of rotatable bonds is 5. The van der Waals surface area contributed by atoms with Crippen LogP contribution in [-0.4, -0.2) is 58.7 Å². The Morgan fingerprint density at radius 3 is 2.70 bits per heavy atom. The molecule has 1 aromatic heterocycles. The highest BCUT2D eigenvalue weighted by Gasteiger charge is 2.27. The lowest BCUT2D eigenvalue weighted by Gasteiger charge is -2.29. The summed E-state index contributed by atoms with van der Waals surface area (Å²) in [6.45, 7) is 0.896. The Balaban J connectivity index is 1.39. The Labute approximate surface area is 134 Å². The Kier molecular flexibility index (Phi) is 4.89. The molecule has 23 heavy (non-hydrogen) atoms. The Morgan fingerprint density at radius 2 is 2.04 bits per heavy atom. The first kappa shape index (κ1) is 15.5. The quantitative estimate of drug-likeness (QED) is 0.860. The van der Waals surface area contributed by atoms with Gasteiger partial charge in [-0.15, -0.1) is 0 Å². The SMILES string of the molecule is O=C(CN1CCOC1=O)NC1CCC(Oc2ncccn2)CC1. The van der Waals surface area contributed by atoms with Gasteiger partial charge in [0.2, 0.25) is 5.91 Å². The molecule has 0 unspecified atom stereocenters. The fourth-order valence-corrected chi connectivity index (χ4v) is 2.84. The van der Waals surface area contributed by atoms with Crippen LogP contribution in [0.2, 0.25) is 0 Å². The third-order valence-corrected chi connectivity index (χ3v) is 4.03. The van der Waals surface area contributed by atoms with E-state index in [1.165, 1.54) is 4.90 Å². The van der Waals surface area contributed by atoms with E-state index in [0.29, 0.717) is 19.2 Å². The predicted molar refractivity (Wildman–Crippen MR) is 79.8 cm³/mol. The molecule has 1 aliphatic heterocycles. The monoisotopic (exact) mass is 320 g/mol. The van der Waals surface area contributed by atoms with Crippen molar-refractivity contribution in [2.24, 2.45) is 0 Å². The van der Waals surface area contributed by atoms with Crippen LogP contribution < -0.4 is 10.1 Å². The molecule has 1 saturated heterocycles. The number of cyclic esters (lactones) is 1. The standard InChI is InChI=1S/C15H20N4O4/c20-13(10-19-8-9-22-15(19)21)18-11-2-4-12(5-3-11)23-14-16-6-1-7-17-14/h1,6-7,11-12H,2-5,8-10H2,(H,18,20). The van der Waals surface area contributed by atoms with Crippen molar-refractivity contribution < 1.29 is 19.1 Å². The van der Waals surface area contributed by atoms with Gasteiger partial charge in [0.05, 0.1) is 6.54 Å². The van der Waals surface area contributed by atoms with Gasteiger partial charge in [0.25, 0.3) is 0 Å². The van der Waals surface area contributed by atoms with Gasteiger partial charge in [-0.05, 0) is 31.7 Å². The lowest BCUT2D eigenvalue weighted by molar-refractivity contribution is -0.122. The summed E-state index contributed by atoms with van der Waals surface area (Å²) in [7, 11) is 0. The van der Waals surface area contributed by atoms with Crippen molar-refractivity contribution in [2.75, 3.05) is 19.7 Å². The second-order valence-electron chi connectivity index (χ2n) is 5.73. The third-order valence-electron chi connectivity index (χ3n) is 4.03. The normalized spacial score (nSPS) is 24.2. The number of carbonyl (C=O) groups excluding carboxylic acids is 2. The lowest BCUT2D eigenvalue weighted by Crippen LogP contribution is -2.44. The summed E-state index contributed by atoms with van der Waals surface area (Å²) in [5, 5.41) is 2.98. The summed E-state index contributed by atoms with van der Waals surface area (Å²) >= 11 is 0. The van der Waals surface area contributed by atoms with Gasteiger partial charge in [0.1, 0.15) is 19.3 Å². The highest BCUT2D eigenvalue weighted by Crippen LogP contribution is 2.22. The molecule has 1 aromatic rings. The molecule has 0 spiro atoms. The number of nitrogens with one attached hydrogen (secondary N) is 1. The topological polar surface area (TPSA) is 93.7 Å². The largest absolute Gasteiger partial charge is 0.460 e. The summed E-state index contributed by atoms with van der Waals surface area (Å²) < 4.78 is 10.5. The van der Waals surface area contributed by atoms with Crippen LogP contribution >= 0.6 is 0 Å². The van der Waals surface area contributed by atoms with Crippen LogP contribution in [0.3, 0.4) is 0 Å². The van der Waals surface area contributed by atoms with Gasteiger partial charge < -0.3 is 14.8 Å². The van der Waals surface area contributed by atoms with Crippen LogP contribution in [0.4, 0.5) is 4.79 Å². The average molecular weight is 320 g/mol. The van der Waals surface area contributed by atoms with Crippen LogP contribution in [0.5, 0.6) is 6.01 Å². The smallest absolute Gasteiger partial charge is 0.410 e. The number of hydrogen-bond acceptors (Lipinski definition) is 6. The van der Waals surface area contributed by atoms with E-state index in [9.17, 15) is 9.59 Å². The van der Waals surface area contributed by atoms with E-state index in [1.807, 2.05) is 0 Å². The van der Waals surface area contributed by atoms with E-state index >= 15 is 0 Å². The van der Waals surface area contributed by atoms with Crippen LogP contribution in [0.25, 0.3) is 0 Å². The predicted octanol–water partition coefficient (Wildman–Crippen LogP) is 0.735. The molecule has 0 atom stereocenters. The molecule has 124 valence electrons. The summed E-state index contributed by atoms with van der Waals surface area (Å²) in [5.74, 6) is -0.139. The minimum absolute atomic E-state index is 0.0626. The van der Waals surface area contributed by atoms with Gasteiger partial charge in [-0.3, -0.25) is 9.69 Å². The van der Waals surface area contributed by atoms with Crippen LogP contribution in [0.1, 0.15) is 25.7 Å². The highest BCUT2D eigenvalue weighted by molar-refractivity contribution is 5.82. The summed E-state index contributed by atoms with van der Waals surface area (Å²) in [5.41, 5.74) is 0. The van der Waals surface area contributed by atoms with E-state index in [-0.39, 0.29) is 24.6 Å². The van der Waals surface area contributed by atoms with Crippen molar-refractivity contribution in [1.29, 1.82) is 0 Å². The molecule has 0 radical (unpaired) electrons. The van der Waals surface area contributed by atoms with Gasteiger partial charge in [-0.25, -0.2) is 14.8 Å². The minimum atomic E-state index is -0.417. The fraction of sp³-hybridized carbons (Fsp3) is 0.600. The van der Waals surface area contributed by atoms with Crippen molar-refractivity contribution in [3.63, 3.8) is 0 Å². The third kappa shape index (κ3) is 4.30. The number of nitrogens with zero attached hydrogens (tertiary/aromatic N) is 3. The van der Waals surface area contributed by atoms with Gasteiger partial charge >= 0.3 is 12.1 Å². The van der Waals surface area contributed by atoms with Crippen molar-refractivity contribution in [3.8, 4) is 6.01 Å². The Bertz CT molecular complexity index is 546. The lowest BCUT2D eigenvalue weighted by atomic mass is 9.93. The summed E-state index contributed by atoms with van der Waals surface area (Å²) in [4.78, 5) is 32.8. The van der Waals surface area contributed by atoms with Crippen molar-refractivity contribution in [2.45, 2.75) is 37.8 Å². The molecular weight excluding hydrogens is 300 g/mol. The zero-order chi connectivity index (χ0) is 16.1. The molecule has 3 rings (SSSR count). The van der Waals surface area contributed by atoms with E-state index in [4.69, 9.17) is 9.47 Å². The molecule has 0 aromatic carbocycles. The number of aromatic nitrogens is 2. The van der Waals surface area contributed by atoms with E-state index in [2.05, 4.69) is 15.3 Å². The zero-order valence-electron chi connectivity index (χ0n) is 12.8. The molecule has 2 aliphatic rings. The number of hydrogen-bond donors (Lipinski definition) is 1. The Hall–Kier alpha value is -2.38. The molecule has 1 N–H and O–H groups in total. The second kappa shape index (κ2) is 7.26. The highest BCUT2D eigenvalue weighted by atomic mass is 16.6. The van der Waals surface area contributed by atoms with Crippen molar-refractivity contribution in [1.82, 2.24) is 20.2 Å². The van der Waals surface area contributed by atoms with Crippen molar-refractivity contribution in [3.05, 3.63) is 18.5 Å². The van der Waals surface area contributed by atoms with Crippen molar-refractivity contribution >= 4 is 12.0 Å². The van der Waals surface area contributed by atoms with Gasteiger partial charge in [-0.2, -0.15) is 0 Å². The number of ether oxygens (including phenoxy) is 2. The maximum atomic E-state index is 12.0. The average Bonchev–Trinajstić information content (AvgIpc) is 2.95. The molecule has 8 nitrogen and oxygen atoms in total. The van der Waals surface area contributed by atoms with E-state index in [1.54, 1.807) is 18.5 Å². The van der Waals surface area contributed by atoms with E-state index in [0.717, 1.165) is 25.7 Å². The molecule has 8 heteroatoms. The van der Waals surface area contributed by atoms with E-state index < -0.39 is 6.09 Å². The van der Waals surface area contributed by atoms with Crippen LogP contribution in [0, 0.1) is 0 Å². The first-order valence-electron chi connectivity index (χ1n) is 7.85. The van der Waals surface area contributed by atoms with Crippen LogP contribution in [0.15, 0.2) is 18.5 Å². The maximum absolute atomic E-state index is 12.0. The first-order chi connectivity index (χ1) is 11.2. The fourth-order valence-electron chi connectivity index (χ4n) is 2.84. The molecule has 1 aliphatic carbocycles. The summed E-state index contributed by atoms with van der Waals surface area (Å²) in [6, 6.07) is 2.26. The van der Waals surface area contributed by atoms with Crippen LogP contribution in [-0.2, 0) is 9.53 Å². The minimum Gasteiger partial charge on any atom is -0.460 e. The molecule has 0 bridgehead atoms. The maximum Gasteiger partial charge on any atom is 0.410 e. The molecule has 2 fully saturated rings. The molecule has 1 saturated carbocycles. The van der Waals surface area contributed by atoms with Gasteiger partial charge in [0, 0.05) is 18.4 Å². The molecule has 2 heterocycles. The first-order valence-corrected chi connectivity index (χ1v) is 7.85. The zero-order valence-corrected chi connectivity index (χ0v) is 12.8.